The molecule has 2 heterocycles. The molecule has 1 aromatic rings. The van der Waals surface area contributed by atoms with Gasteiger partial charge in [-0.05, 0) is 0 Å². The number of nitrogens with zero attached hydrogens (tertiary/aromatic N) is 1. The third-order valence-electron chi connectivity index (χ3n) is 3.12. The van der Waals surface area contributed by atoms with Gasteiger partial charge in [-0.25, -0.2) is 4.79 Å². The Morgan fingerprint density at radius 3 is 2.81 bits per heavy atom. The molecule has 116 valence electrons. The van der Waals surface area contributed by atoms with Gasteiger partial charge in [0.25, 0.3) is 5.56 Å². The minimum absolute atomic E-state index is 0.0127. The molecule has 0 aliphatic carbocycles. The maximum absolute atomic E-state index is 11.8. The van der Waals surface area contributed by atoms with Gasteiger partial charge >= 0.3 is 5.69 Å². The summed E-state index contributed by atoms with van der Waals surface area (Å²) in [5.74, 6) is -0.173. The molecule has 0 saturated carbocycles. The molecule has 0 amide bonds. The Morgan fingerprint density at radius 2 is 2.19 bits per heavy atom. The van der Waals surface area contributed by atoms with Gasteiger partial charge in [0.2, 0.25) is 0 Å². The number of H-pyrrole nitrogens is 1. The Hall–Kier alpha value is -1.94. The highest BCUT2D eigenvalue weighted by Gasteiger charge is 2.44. The molecule has 2 rings (SSSR count). The average Bonchev–Trinajstić information content (AvgIpc) is 2.67. The highest BCUT2D eigenvalue weighted by atomic mass is 16.6. The highest BCUT2D eigenvalue weighted by Crippen LogP contribution is 2.29. The van der Waals surface area contributed by atoms with Crippen molar-refractivity contribution in [2.75, 3.05) is 18.9 Å². The zero-order valence-corrected chi connectivity index (χ0v) is 11.1. The van der Waals surface area contributed by atoms with Crippen LogP contribution < -0.4 is 17.0 Å². The molecule has 0 unspecified atom stereocenters. The first-order valence-corrected chi connectivity index (χ1v) is 6.27. The van der Waals surface area contributed by atoms with E-state index in [1.54, 1.807) is 0 Å². The van der Waals surface area contributed by atoms with Crippen molar-refractivity contribution in [3.63, 3.8) is 0 Å². The first-order valence-electron chi connectivity index (χ1n) is 6.27. The number of hydrogen-bond donors (Lipinski definition) is 4. The third kappa shape index (κ3) is 3.05. The summed E-state index contributed by atoms with van der Waals surface area (Å²) in [6, 6.07) is 0.991. The lowest BCUT2D eigenvalue weighted by atomic mass is 10.1. The summed E-state index contributed by atoms with van der Waals surface area (Å²) in [5.41, 5.74) is 4.11. The molecule has 0 spiro atoms. The molecule has 1 aliphatic rings. The topological polar surface area (TPSA) is 140 Å². The zero-order valence-electron chi connectivity index (χ0n) is 11.1. The standard InChI is InChI=1S/C12H17N3O6/c1-2-3-20-5-6-9(17)10(18)11(21-6)15-7(13)4-8(16)14-12(15)19/h2,4,6,9-11,17-18H,1,3,5,13H2,(H,14,16,19)/t6-,9-,10-,11-/m1/s1. The number of aliphatic hydroxyl groups excluding tert-OH is 2. The number of hydrogen-bond acceptors (Lipinski definition) is 7. The summed E-state index contributed by atoms with van der Waals surface area (Å²) in [7, 11) is 0. The smallest absolute Gasteiger partial charge is 0.332 e. The van der Waals surface area contributed by atoms with Gasteiger partial charge in [-0.2, -0.15) is 0 Å². The molecular formula is C12H17N3O6. The van der Waals surface area contributed by atoms with Crippen LogP contribution in [0, 0.1) is 0 Å². The lowest BCUT2D eigenvalue weighted by Gasteiger charge is -2.18. The fourth-order valence-corrected chi connectivity index (χ4v) is 2.13. The van der Waals surface area contributed by atoms with Crippen LogP contribution in [0.3, 0.4) is 0 Å². The summed E-state index contributed by atoms with van der Waals surface area (Å²) in [6.45, 7) is 3.75. The molecular weight excluding hydrogens is 282 g/mol. The van der Waals surface area contributed by atoms with E-state index >= 15 is 0 Å². The number of nitrogens with two attached hydrogens (primary N) is 1. The molecule has 0 aromatic carbocycles. The number of anilines is 1. The number of aliphatic hydroxyl groups is 2. The molecule has 1 saturated heterocycles. The van der Waals surface area contributed by atoms with Gasteiger partial charge in [-0.15, -0.1) is 6.58 Å². The van der Waals surface area contributed by atoms with E-state index in [0.717, 1.165) is 10.6 Å². The van der Waals surface area contributed by atoms with E-state index in [0.29, 0.717) is 0 Å². The number of aromatic nitrogens is 2. The van der Waals surface area contributed by atoms with Crippen LogP contribution >= 0.6 is 0 Å². The van der Waals surface area contributed by atoms with E-state index in [2.05, 4.69) is 6.58 Å². The van der Waals surface area contributed by atoms with E-state index in [9.17, 15) is 19.8 Å². The predicted octanol–water partition coefficient (Wildman–Crippen LogP) is -2.06. The van der Waals surface area contributed by atoms with Crippen LogP contribution in [0.4, 0.5) is 5.82 Å². The van der Waals surface area contributed by atoms with Crippen molar-refractivity contribution >= 4 is 5.82 Å². The van der Waals surface area contributed by atoms with Crippen molar-refractivity contribution in [3.8, 4) is 0 Å². The molecule has 5 N–H and O–H groups in total. The van der Waals surface area contributed by atoms with E-state index in [-0.39, 0.29) is 19.0 Å². The molecule has 4 atom stereocenters. The van der Waals surface area contributed by atoms with Crippen molar-refractivity contribution in [2.45, 2.75) is 24.5 Å². The van der Waals surface area contributed by atoms with Crippen LogP contribution in [0.2, 0.25) is 0 Å². The van der Waals surface area contributed by atoms with Gasteiger partial charge in [0.15, 0.2) is 6.23 Å². The van der Waals surface area contributed by atoms with Crippen LogP contribution in [0.25, 0.3) is 0 Å². The largest absolute Gasteiger partial charge is 0.387 e. The highest BCUT2D eigenvalue weighted by molar-refractivity contribution is 5.27. The van der Waals surface area contributed by atoms with Crippen LogP contribution in [0.5, 0.6) is 0 Å². The monoisotopic (exact) mass is 299 g/mol. The van der Waals surface area contributed by atoms with Crippen molar-refractivity contribution in [3.05, 3.63) is 39.6 Å². The van der Waals surface area contributed by atoms with Crippen LogP contribution in [-0.4, -0.2) is 51.3 Å². The number of aromatic amines is 1. The Kier molecular flexibility index (Phi) is 4.58. The number of rotatable bonds is 5. The molecule has 1 fully saturated rings. The van der Waals surface area contributed by atoms with Gasteiger partial charge in [0.1, 0.15) is 24.1 Å². The maximum Gasteiger partial charge on any atom is 0.332 e. The van der Waals surface area contributed by atoms with E-state index < -0.39 is 35.8 Å². The molecule has 1 aromatic heterocycles. The molecule has 9 nitrogen and oxygen atoms in total. The molecule has 1 aliphatic heterocycles. The van der Waals surface area contributed by atoms with Crippen molar-refractivity contribution < 1.29 is 19.7 Å². The predicted molar refractivity (Wildman–Crippen MR) is 72.7 cm³/mol. The fraction of sp³-hybridized carbons (Fsp3) is 0.500. The van der Waals surface area contributed by atoms with Crippen LogP contribution in [0.1, 0.15) is 6.23 Å². The van der Waals surface area contributed by atoms with Gasteiger partial charge in [-0.1, -0.05) is 6.08 Å². The SMILES string of the molecule is C=CCOC[C@H]1O[C@@H](n2c(N)cc(=O)[nH]c2=O)[C@H](O)[C@@H]1O. The van der Waals surface area contributed by atoms with Crippen molar-refractivity contribution in [2.24, 2.45) is 0 Å². The maximum atomic E-state index is 11.8. The lowest BCUT2D eigenvalue weighted by Crippen LogP contribution is -2.39. The van der Waals surface area contributed by atoms with E-state index in [1.807, 2.05) is 4.98 Å². The summed E-state index contributed by atoms with van der Waals surface area (Å²) >= 11 is 0. The zero-order chi connectivity index (χ0) is 15.6. The lowest BCUT2D eigenvalue weighted by molar-refractivity contribution is -0.0642. The van der Waals surface area contributed by atoms with Gasteiger partial charge < -0.3 is 25.4 Å². The minimum atomic E-state index is -1.38. The van der Waals surface area contributed by atoms with Crippen LogP contribution in [-0.2, 0) is 9.47 Å². The second-order valence-electron chi connectivity index (χ2n) is 4.61. The van der Waals surface area contributed by atoms with E-state index in [4.69, 9.17) is 15.2 Å². The Bertz CT molecular complexity index is 624. The second kappa shape index (κ2) is 6.22. The summed E-state index contributed by atoms with van der Waals surface area (Å²) in [5, 5.41) is 19.9. The molecule has 21 heavy (non-hydrogen) atoms. The van der Waals surface area contributed by atoms with Crippen molar-refractivity contribution in [1.82, 2.24) is 9.55 Å². The Morgan fingerprint density at radius 1 is 1.48 bits per heavy atom. The summed E-state index contributed by atoms with van der Waals surface area (Å²) in [6.07, 6.45) is -3.14. The van der Waals surface area contributed by atoms with Crippen LogP contribution in [0.15, 0.2) is 28.3 Å². The summed E-state index contributed by atoms with van der Waals surface area (Å²) in [4.78, 5) is 24.9. The molecule has 0 bridgehead atoms. The van der Waals surface area contributed by atoms with Gasteiger partial charge in [0.05, 0.1) is 13.2 Å². The minimum Gasteiger partial charge on any atom is -0.387 e. The third-order valence-corrected chi connectivity index (χ3v) is 3.12. The van der Waals surface area contributed by atoms with Crippen molar-refractivity contribution in [1.29, 1.82) is 0 Å². The average molecular weight is 299 g/mol. The molecule has 9 heteroatoms. The van der Waals surface area contributed by atoms with Gasteiger partial charge in [0, 0.05) is 6.07 Å². The quantitative estimate of drug-likeness (QED) is 0.362. The number of nitrogen functional groups attached to an aromatic ring is 1. The first kappa shape index (κ1) is 15.4. The summed E-state index contributed by atoms with van der Waals surface area (Å²) < 4.78 is 11.5. The second-order valence-corrected chi connectivity index (χ2v) is 4.61. The van der Waals surface area contributed by atoms with Gasteiger partial charge in [-0.3, -0.25) is 14.3 Å². The van der Waals surface area contributed by atoms with E-state index in [1.165, 1.54) is 6.08 Å². The fourth-order valence-electron chi connectivity index (χ4n) is 2.13. The Balaban J connectivity index is 2.23. The number of nitrogens with one attached hydrogen (secondary N) is 1. The Labute approximate surface area is 119 Å². The first-order chi connectivity index (χ1) is 9.95. The molecule has 0 radical (unpaired) electrons. The normalized spacial score (nSPS) is 28.7. The number of ether oxygens (including phenoxy) is 2.